The monoisotopic (exact) mass is 564 g/mol. The van der Waals surface area contributed by atoms with Crippen LogP contribution < -0.4 is 15.4 Å². The molecule has 10 nitrogen and oxygen atoms in total. The number of hydrogen-bond donors (Lipinski definition) is 3. The highest BCUT2D eigenvalue weighted by molar-refractivity contribution is 7.90. The van der Waals surface area contributed by atoms with E-state index in [1.54, 1.807) is 0 Å². The quantitative estimate of drug-likeness (QED) is 0.370. The summed E-state index contributed by atoms with van der Waals surface area (Å²) in [6, 6.07) is 2.24. The highest BCUT2D eigenvalue weighted by atomic mass is 32.2. The molecule has 2 heterocycles. The molecule has 1 aromatic rings. The Morgan fingerprint density at radius 3 is 2.55 bits per heavy atom. The van der Waals surface area contributed by atoms with Gasteiger partial charge in [-0.15, -0.1) is 13.2 Å². The number of piperidine rings is 1. The van der Waals surface area contributed by atoms with E-state index in [1.165, 1.54) is 18.2 Å². The van der Waals surface area contributed by atoms with Gasteiger partial charge in [-0.2, -0.15) is 12.7 Å². The first-order valence-electron chi connectivity index (χ1n) is 12.0. The van der Waals surface area contributed by atoms with Gasteiger partial charge < -0.3 is 10.6 Å². The van der Waals surface area contributed by atoms with Crippen LogP contribution in [0.4, 0.5) is 23.2 Å². The minimum atomic E-state index is -5.09. The third-order valence-corrected chi connectivity index (χ3v) is 9.09. The topological polar surface area (TPSA) is 134 Å². The van der Waals surface area contributed by atoms with Crippen LogP contribution >= 0.6 is 0 Å². The number of hydrogen-bond acceptors (Lipinski definition) is 6. The van der Waals surface area contributed by atoms with Gasteiger partial charge in [-0.1, -0.05) is 26.0 Å². The summed E-state index contributed by atoms with van der Waals surface area (Å²) >= 11 is 0. The predicted octanol–water partition coefficient (Wildman–Crippen LogP) is 1.56. The number of alkyl halides is 3. The van der Waals surface area contributed by atoms with Crippen molar-refractivity contribution in [3.63, 3.8) is 0 Å². The van der Waals surface area contributed by atoms with Crippen molar-refractivity contribution < 1.29 is 45.1 Å². The van der Waals surface area contributed by atoms with Crippen LogP contribution in [0.1, 0.15) is 26.7 Å². The molecule has 3 N–H and O–H groups in total. The van der Waals surface area contributed by atoms with Crippen LogP contribution in [0, 0.1) is 29.0 Å². The van der Waals surface area contributed by atoms with Crippen molar-refractivity contribution in [1.82, 2.24) is 14.9 Å². The summed E-state index contributed by atoms with van der Waals surface area (Å²) < 4.78 is 84.8. The lowest BCUT2D eigenvalue weighted by atomic mass is 9.95. The third-order valence-electron chi connectivity index (χ3n) is 7.62. The first-order chi connectivity index (χ1) is 17.6. The number of amides is 2. The summed E-state index contributed by atoms with van der Waals surface area (Å²) in [5.41, 5.74) is -0.743. The van der Waals surface area contributed by atoms with Gasteiger partial charge in [-0.3, -0.25) is 23.8 Å². The van der Waals surface area contributed by atoms with E-state index in [1.807, 2.05) is 13.8 Å². The molecule has 0 bridgehead atoms. The lowest BCUT2D eigenvalue weighted by Gasteiger charge is -2.31. The SMILES string of the molecule is CC1(C)[C@@H]2[C@@H](C(=O)N[C@@H](C[C@@H]3CCNC3=O)C(=O)COC(F)(F)F)N(S(=O)(=O)Nc3ccccc3F)C[C@@H]21. The number of benzene rings is 1. The number of rotatable bonds is 10. The largest absolute Gasteiger partial charge is 0.522 e. The number of Topliss-reactive ketones (excluding diaryl/α,β-unsaturated/α-hetero) is 1. The minimum Gasteiger partial charge on any atom is -0.356 e. The van der Waals surface area contributed by atoms with Gasteiger partial charge in [-0.25, -0.2) is 4.39 Å². The van der Waals surface area contributed by atoms with Crippen LogP contribution in [0.15, 0.2) is 24.3 Å². The second-order valence-corrected chi connectivity index (χ2v) is 12.0. The number of carbonyl (C=O) groups excluding carboxylic acids is 3. The van der Waals surface area contributed by atoms with E-state index in [9.17, 15) is 40.4 Å². The van der Waals surface area contributed by atoms with Crippen molar-refractivity contribution >= 4 is 33.5 Å². The normalized spacial score (nSPS) is 27.4. The fraction of sp³-hybridized carbons (Fsp3) is 0.609. The first kappa shape index (κ1) is 28.2. The number of nitrogens with zero attached hydrogens (tertiary/aromatic N) is 1. The summed E-state index contributed by atoms with van der Waals surface area (Å²) in [5, 5.41) is 4.95. The van der Waals surface area contributed by atoms with Crippen LogP contribution in [0.5, 0.6) is 0 Å². The van der Waals surface area contributed by atoms with Crippen molar-refractivity contribution in [2.24, 2.45) is 23.2 Å². The molecule has 2 saturated heterocycles. The molecule has 1 aliphatic carbocycles. The number of para-hydroxylation sites is 1. The summed E-state index contributed by atoms with van der Waals surface area (Å²) in [6.45, 7) is 2.56. The van der Waals surface area contributed by atoms with Crippen LogP contribution in [0.2, 0.25) is 0 Å². The molecule has 4 rings (SSSR count). The van der Waals surface area contributed by atoms with Crippen LogP contribution in [0.25, 0.3) is 0 Å². The maximum Gasteiger partial charge on any atom is 0.522 e. The first-order valence-corrected chi connectivity index (χ1v) is 13.4. The Labute approximate surface area is 216 Å². The van der Waals surface area contributed by atoms with Crippen molar-refractivity contribution in [1.29, 1.82) is 0 Å². The van der Waals surface area contributed by atoms with Crippen LogP contribution in [-0.2, 0) is 29.3 Å². The maximum absolute atomic E-state index is 14.1. The van der Waals surface area contributed by atoms with Crippen molar-refractivity contribution in [2.45, 2.75) is 45.1 Å². The molecule has 0 aromatic heterocycles. The molecule has 5 atom stereocenters. The van der Waals surface area contributed by atoms with Gasteiger partial charge in [0.25, 0.3) is 0 Å². The average molecular weight is 565 g/mol. The number of halogens is 4. The van der Waals surface area contributed by atoms with E-state index in [0.717, 1.165) is 10.4 Å². The van der Waals surface area contributed by atoms with E-state index in [0.29, 0.717) is 13.0 Å². The lowest BCUT2D eigenvalue weighted by Crippen LogP contribution is -2.55. The number of nitrogens with one attached hydrogen (secondary N) is 3. The second kappa shape index (κ2) is 10.1. The van der Waals surface area contributed by atoms with Crippen molar-refractivity contribution in [2.75, 3.05) is 24.4 Å². The van der Waals surface area contributed by atoms with Gasteiger partial charge in [0.1, 0.15) is 18.5 Å². The Hall–Kier alpha value is -2.78. The highest BCUT2D eigenvalue weighted by Gasteiger charge is 2.70. The molecule has 1 aromatic carbocycles. The van der Waals surface area contributed by atoms with E-state index in [2.05, 4.69) is 20.1 Å². The highest BCUT2D eigenvalue weighted by Crippen LogP contribution is 2.65. The molecule has 1 saturated carbocycles. The Bertz CT molecular complexity index is 1220. The molecule has 2 aliphatic heterocycles. The molecule has 2 amide bonds. The number of fused-ring (bicyclic) bond motifs is 1. The zero-order valence-corrected chi connectivity index (χ0v) is 21.4. The second-order valence-electron chi connectivity index (χ2n) is 10.3. The van der Waals surface area contributed by atoms with Crippen LogP contribution in [-0.4, -0.2) is 68.5 Å². The summed E-state index contributed by atoms with van der Waals surface area (Å²) in [4.78, 5) is 38.2. The van der Waals surface area contributed by atoms with E-state index in [4.69, 9.17) is 0 Å². The van der Waals surface area contributed by atoms with E-state index >= 15 is 0 Å². The Morgan fingerprint density at radius 2 is 1.95 bits per heavy atom. The average Bonchev–Trinajstić information content (AvgIpc) is 3.18. The molecule has 3 fully saturated rings. The standard InChI is InChI=1S/C23H28F4N4O6S/c1-22(2)13-10-31(38(35,36)30-15-6-4-3-5-14(15)24)19(18(13)22)21(34)29-16(9-12-7-8-28-20(12)33)17(32)11-37-23(25,26)27/h3-6,12-13,16,18-19,30H,7-11H2,1-2H3,(H,28,33)(H,29,34)/t12-,13-,16-,18-,19-/m0/s1. The van der Waals surface area contributed by atoms with Crippen LogP contribution in [0.3, 0.4) is 0 Å². The molecule has 0 spiro atoms. The number of anilines is 1. The van der Waals surface area contributed by atoms with Gasteiger partial charge in [0.05, 0.1) is 11.7 Å². The summed E-state index contributed by atoms with van der Waals surface area (Å²) in [6.07, 6.45) is -5.05. The Morgan fingerprint density at radius 1 is 1.26 bits per heavy atom. The Kier molecular flexibility index (Phi) is 7.49. The molecule has 0 radical (unpaired) electrons. The summed E-state index contributed by atoms with van der Waals surface area (Å²) in [7, 11) is -4.44. The number of ketones is 1. The summed E-state index contributed by atoms with van der Waals surface area (Å²) in [5.74, 6) is -4.63. The lowest BCUT2D eigenvalue weighted by molar-refractivity contribution is -0.321. The zero-order valence-electron chi connectivity index (χ0n) is 20.5. The number of ether oxygens (including phenoxy) is 1. The van der Waals surface area contributed by atoms with Gasteiger partial charge in [0, 0.05) is 19.0 Å². The maximum atomic E-state index is 14.1. The molecular formula is C23H28F4N4O6S. The van der Waals surface area contributed by atoms with Gasteiger partial charge in [0.15, 0.2) is 5.78 Å². The van der Waals surface area contributed by atoms with Gasteiger partial charge >= 0.3 is 16.6 Å². The number of carbonyl (C=O) groups is 3. The predicted molar refractivity (Wildman–Crippen MR) is 125 cm³/mol. The zero-order chi connectivity index (χ0) is 28.0. The third kappa shape index (κ3) is 5.78. The van der Waals surface area contributed by atoms with Gasteiger partial charge in [0.2, 0.25) is 11.8 Å². The van der Waals surface area contributed by atoms with Crippen molar-refractivity contribution in [3.8, 4) is 0 Å². The van der Waals surface area contributed by atoms with Gasteiger partial charge in [-0.05, 0) is 42.2 Å². The van der Waals surface area contributed by atoms with Crippen molar-refractivity contribution in [3.05, 3.63) is 30.1 Å². The smallest absolute Gasteiger partial charge is 0.356 e. The molecule has 0 unspecified atom stereocenters. The molecular weight excluding hydrogens is 536 g/mol. The molecule has 210 valence electrons. The van der Waals surface area contributed by atoms with E-state index < -0.39 is 75.9 Å². The fourth-order valence-electron chi connectivity index (χ4n) is 5.47. The molecule has 38 heavy (non-hydrogen) atoms. The van der Waals surface area contributed by atoms with E-state index in [-0.39, 0.29) is 24.6 Å². The molecule has 3 aliphatic rings. The molecule has 15 heteroatoms. The fourth-order valence-corrected chi connectivity index (χ4v) is 6.91. The minimum absolute atomic E-state index is 0.0552. The Balaban J connectivity index is 1.56.